The third-order valence-electron chi connectivity index (χ3n) is 4.80. The van der Waals surface area contributed by atoms with Crippen LogP contribution in [0.25, 0.3) is 0 Å². The first kappa shape index (κ1) is 11.8. The molecule has 0 aliphatic heterocycles. The molecule has 0 aromatic carbocycles. The van der Waals surface area contributed by atoms with Gasteiger partial charge in [-0.15, -0.1) is 0 Å². The molecule has 0 radical (unpaired) electrons. The normalized spacial score (nSPS) is 48.0. The van der Waals surface area contributed by atoms with Crippen LogP contribution in [0.4, 0.5) is 8.78 Å². The molecule has 0 saturated heterocycles. The van der Waals surface area contributed by atoms with Gasteiger partial charge in [-0.25, -0.2) is 8.78 Å². The molecule has 17 heavy (non-hydrogen) atoms. The Labute approximate surface area is 100 Å². The van der Waals surface area contributed by atoms with E-state index in [1.165, 1.54) is 6.42 Å². The summed E-state index contributed by atoms with van der Waals surface area (Å²) in [5.74, 6) is 1.19. The highest BCUT2D eigenvalue weighted by molar-refractivity contribution is 5.08. The van der Waals surface area contributed by atoms with Gasteiger partial charge in [0.05, 0.1) is 12.2 Å². The standard InChI is InChI=1S/C13H20F2O2/c14-11(15)6-17-8-12-2-9-1-10(3-12)5-13(16,4-9)7-12/h9-11,16H,1-8H2. The molecule has 4 saturated carbocycles. The van der Waals surface area contributed by atoms with Crippen LogP contribution in [0.3, 0.4) is 0 Å². The van der Waals surface area contributed by atoms with E-state index in [0.717, 1.165) is 32.1 Å². The van der Waals surface area contributed by atoms with Crippen molar-refractivity contribution in [3.8, 4) is 0 Å². The maximum absolute atomic E-state index is 12.1. The second kappa shape index (κ2) is 3.89. The molecule has 2 atom stereocenters. The van der Waals surface area contributed by atoms with Crippen molar-refractivity contribution in [1.82, 2.24) is 0 Å². The molecule has 4 fully saturated rings. The summed E-state index contributed by atoms with van der Waals surface area (Å²) >= 11 is 0. The van der Waals surface area contributed by atoms with Gasteiger partial charge in [0, 0.05) is 0 Å². The topological polar surface area (TPSA) is 29.5 Å². The first-order valence-corrected chi connectivity index (χ1v) is 6.57. The molecule has 0 spiro atoms. The Balaban J connectivity index is 1.66. The van der Waals surface area contributed by atoms with Crippen LogP contribution < -0.4 is 0 Å². The molecule has 4 heteroatoms. The van der Waals surface area contributed by atoms with E-state index in [0.29, 0.717) is 18.4 Å². The highest BCUT2D eigenvalue weighted by atomic mass is 19.3. The molecule has 2 nitrogen and oxygen atoms in total. The monoisotopic (exact) mass is 246 g/mol. The Morgan fingerprint density at radius 2 is 1.82 bits per heavy atom. The van der Waals surface area contributed by atoms with Crippen LogP contribution in [0.2, 0.25) is 0 Å². The summed E-state index contributed by atoms with van der Waals surface area (Å²) in [6.07, 6.45) is 3.56. The molecule has 4 aliphatic carbocycles. The van der Waals surface area contributed by atoms with Crippen molar-refractivity contribution in [3.63, 3.8) is 0 Å². The van der Waals surface area contributed by atoms with Gasteiger partial charge in [-0.3, -0.25) is 0 Å². The summed E-state index contributed by atoms with van der Waals surface area (Å²) in [4.78, 5) is 0. The van der Waals surface area contributed by atoms with Crippen LogP contribution in [0, 0.1) is 17.3 Å². The van der Waals surface area contributed by atoms with E-state index in [9.17, 15) is 13.9 Å². The molecule has 0 aromatic rings. The number of alkyl halides is 2. The second-order valence-electron chi connectivity index (χ2n) is 6.59. The van der Waals surface area contributed by atoms with Crippen LogP contribution >= 0.6 is 0 Å². The SMILES string of the molecule is OC12CC3CC(C1)CC(COCC(F)F)(C3)C2. The third-order valence-corrected chi connectivity index (χ3v) is 4.80. The molecular weight excluding hydrogens is 226 g/mol. The molecule has 0 aromatic heterocycles. The number of hydrogen-bond donors (Lipinski definition) is 1. The van der Waals surface area contributed by atoms with Crippen LogP contribution in [0.1, 0.15) is 38.5 Å². The zero-order valence-corrected chi connectivity index (χ0v) is 10.0. The van der Waals surface area contributed by atoms with Gasteiger partial charge in [0.15, 0.2) is 0 Å². The number of halogens is 2. The van der Waals surface area contributed by atoms with Gasteiger partial charge in [0.2, 0.25) is 0 Å². The highest BCUT2D eigenvalue weighted by Crippen LogP contribution is 2.61. The van der Waals surface area contributed by atoms with Gasteiger partial charge < -0.3 is 9.84 Å². The second-order valence-corrected chi connectivity index (χ2v) is 6.59. The van der Waals surface area contributed by atoms with Gasteiger partial charge in [0.1, 0.15) is 6.61 Å². The molecule has 0 heterocycles. The van der Waals surface area contributed by atoms with E-state index in [2.05, 4.69) is 0 Å². The van der Waals surface area contributed by atoms with E-state index in [-0.39, 0.29) is 5.41 Å². The van der Waals surface area contributed by atoms with Crippen molar-refractivity contribution in [2.75, 3.05) is 13.2 Å². The smallest absolute Gasteiger partial charge is 0.261 e. The van der Waals surface area contributed by atoms with E-state index in [4.69, 9.17) is 4.74 Å². The zero-order valence-electron chi connectivity index (χ0n) is 10.0. The zero-order chi connectivity index (χ0) is 12.1. The number of hydrogen-bond acceptors (Lipinski definition) is 2. The average Bonchev–Trinajstić information content (AvgIpc) is 2.11. The van der Waals surface area contributed by atoms with Crippen molar-refractivity contribution < 1.29 is 18.6 Å². The molecule has 4 bridgehead atoms. The summed E-state index contributed by atoms with van der Waals surface area (Å²) in [6, 6.07) is 0. The Morgan fingerprint density at radius 3 is 2.35 bits per heavy atom. The minimum absolute atomic E-state index is 0.00623. The highest BCUT2D eigenvalue weighted by Gasteiger charge is 2.57. The number of aliphatic hydroxyl groups is 1. The first-order chi connectivity index (χ1) is 7.99. The van der Waals surface area contributed by atoms with Gasteiger partial charge >= 0.3 is 0 Å². The Kier molecular flexibility index (Phi) is 2.71. The molecule has 0 amide bonds. The van der Waals surface area contributed by atoms with Gasteiger partial charge in [-0.05, 0) is 55.8 Å². The maximum Gasteiger partial charge on any atom is 0.261 e. The predicted octanol–water partition coefficient (Wildman–Crippen LogP) is 2.60. The Hall–Kier alpha value is -0.220. The maximum atomic E-state index is 12.1. The van der Waals surface area contributed by atoms with E-state index >= 15 is 0 Å². The van der Waals surface area contributed by atoms with Crippen molar-refractivity contribution in [1.29, 1.82) is 0 Å². The minimum atomic E-state index is -2.38. The van der Waals surface area contributed by atoms with E-state index in [1.54, 1.807) is 0 Å². The molecular formula is C13H20F2O2. The summed E-state index contributed by atoms with van der Waals surface area (Å²) in [5.41, 5.74) is -0.522. The van der Waals surface area contributed by atoms with E-state index < -0.39 is 18.6 Å². The number of ether oxygens (including phenoxy) is 1. The lowest BCUT2D eigenvalue weighted by molar-refractivity contribution is -0.183. The molecule has 4 aliphatic rings. The van der Waals surface area contributed by atoms with Crippen LogP contribution in [-0.4, -0.2) is 30.3 Å². The molecule has 1 N–H and O–H groups in total. The molecule has 98 valence electrons. The van der Waals surface area contributed by atoms with Crippen molar-refractivity contribution >= 4 is 0 Å². The molecule has 2 unspecified atom stereocenters. The summed E-state index contributed by atoms with van der Waals surface area (Å²) in [6.45, 7) is -0.0534. The summed E-state index contributed by atoms with van der Waals surface area (Å²) in [7, 11) is 0. The lowest BCUT2D eigenvalue weighted by atomic mass is 9.48. The predicted molar refractivity (Wildman–Crippen MR) is 58.9 cm³/mol. The van der Waals surface area contributed by atoms with Crippen molar-refractivity contribution in [2.45, 2.75) is 50.6 Å². The quantitative estimate of drug-likeness (QED) is 0.826. The van der Waals surface area contributed by atoms with Gasteiger partial charge in [0.25, 0.3) is 6.43 Å². The minimum Gasteiger partial charge on any atom is -0.390 e. The summed E-state index contributed by atoms with van der Waals surface area (Å²) < 4.78 is 29.4. The largest absolute Gasteiger partial charge is 0.390 e. The lowest BCUT2D eigenvalue weighted by Crippen LogP contribution is -2.57. The Morgan fingerprint density at radius 1 is 1.18 bits per heavy atom. The fraction of sp³-hybridized carbons (Fsp3) is 1.00. The summed E-state index contributed by atoms with van der Waals surface area (Å²) in [5, 5.41) is 10.5. The lowest BCUT2D eigenvalue weighted by Gasteiger charge is -2.60. The van der Waals surface area contributed by atoms with Crippen LogP contribution in [-0.2, 0) is 4.74 Å². The van der Waals surface area contributed by atoms with Crippen molar-refractivity contribution in [2.24, 2.45) is 17.3 Å². The fourth-order valence-corrected chi connectivity index (χ4v) is 4.94. The van der Waals surface area contributed by atoms with E-state index in [1.807, 2.05) is 0 Å². The van der Waals surface area contributed by atoms with Crippen molar-refractivity contribution in [3.05, 3.63) is 0 Å². The van der Waals surface area contributed by atoms with Crippen LogP contribution in [0.5, 0.6) is 0 Å². The Bertz CT molecular complexity index is 292. The van der Waals surface area contributed by atoms with Crippen LogP contribution in [0.15, 0.2) is 0 Å². The molecule has 4 rings (SSSR count). The number of rotatable bonds is 4. The third kappa shape index (κ3) is 2.22. The first-order valence-electron chi connectivity index (χ1n) is 6.57. The average molecular weight is 246 g/mol. The van der Waals surface area contributed by atoms with Gasteiger partial charge in [-0.2, -0.15) is 0 Å². The fourth-order valence-electron chi connectivity index (χ4n) is 4.94. The van der Waals surface area contributed by atoms with Gasteiger partial charge in [-0.1, -0.05) is 0 Å².